The minimum absolute atomic E-state index is 0.0605. The SMILES string of the molecule is FC(F)(F)c1ccc(Cl)cc1C1CC1.O=CNc1cc(Cl)ncn1. The zero-order valence-corrected chi connectivity index (χ0v) is 13.7. The molecule has 128 valence electrons. The lowest BCUT2D eigenvalue weighted by molar-refractivity contribution is -0.138. The van der Waals surface area contributed by atoms with Crippen molar-refractivity contribution < 1.29 is 18.0 Å². The number of hydrogen-bond donors (Lipinski definition) is 1. The Kier molecular flexibility index (Phi) is 6.01. The lowest BCUT2D eigenvalue weighted by Crippen LogP contribution is -2.08. The smallest absolute Gasteiger partial charge is 0.313 e. The van der Waals surface area contributed by atoms with Gasteiger partial charge >= 0.3 is 6.18 Å². The van der Waals surface area contributed by atoms with Crippen LogP contribution in [0.5, 0.6) is 0 Å². The highest BCUT2D eigenvalue weighted by molar-refractivity contribution is 6.30. The number of nitrogens with zero attached hydrogens (tertiary/aromatic N) is 2. The van der Waals surface area contributed by atoms with Gasteiger partial charge in [0.05, 0.1) is 5.56 Å². The van der Waals surface area contributed by atoms with Crippen LogP contribution < -0.4 is 5.32 Å². The van der Waals surface area contributed by atoms with Gasteiger partial charge in [0.25, 0.3) is 0 Å². The molecule has 24 heavy (non-hydrogen) atoms. The standard InChI is InChI=1S/C10H8ClF3.C5H4ClN3O/c11-7-3-4-9(10(12,13)14)8(5-7)6-1-2-6;6-4-1-5(9-3-10)8-2-7-4/h3-6H,1-2H2;1-3H,(H,7,8,9,10). The number of hydrogen-bond acceptors (Lipinski definition) is 3. The van der Waals surface area contributed by atoms with Crippen LogP contribution in [0.2, 0.25) is 10.2 Å². The van der Waals surface area contributed by atoms with Crippen LogP contribution in [0.1, 0.15) is 29.9 Å². The van der Waals surface area contributed by atoms with E-state index in [0.29, 0.717) is 28.0 Å². The maximum absolute atomic E-state index is 12.5. The summed E-state index contributed by atoms with van der Waals surface area (Å²) in [6, 6.07) is 5.24. The zero-order chi connectivity index (χ0) is 17.7. The summed E-state index contributed by atoms with van der Waals surface area (Å²) in [6.45, 7) is 0. The van der Waals surface area contributed by atoms with Gasteiger partial charge in [0.15, 0.2) is 0 Å². The summed E-state index contributed by atoms with van der Waals surface area (Å²) in [5.74, 6) is 0.459. The van der Waals surface area contributed by atoms with Crippen molar-refractivity contribution in [2.24, 2.45) is 0 Å². The molecule has 1 heterocycles. The first-order valence-electron chi connectivity index (χ1n) is 6.85. The van der Waals surface area contributed by atoms with Crippen LogP contribution in [0.25, 0.3) is 0 Å². The number of carbonyl (C=O) groups is 1. The van der Waals surface area contributed by atoms with Crippen molar-refractivity contribution in [3.05, 3.63) is 51.9 Å². The van der Waals surface area contributed by atoms with Gasteiger partial charge in [-0.15, -0.1) is 0 Å². The Hall–Kier alpha value is -1.86. The number of alkyl halides is 3. The minimum Gasteiger partial charge on any atom is -0.313 e. The van der Waals surface area contributed by atoms with Crippen LogP contribution in [-0.2, 0) is 11.0 Å². The molecule has 2 aromatic rings. The Morgan fingerprint density at radius 2 is 1.88 bits per heavy atom. The number of rotatable bonds is 3. The number of nitrogens with one attached hydrogen (secondary N) is 1. The average molecular weight is 378 g/mol. The molecule has 1 aromatic heterocycles. The molecule has 0 saturated heterocycles. The predicted octanol–water partition coefficient (Wildman–Crippen LogP) is 4.93. The molecule has 1 fully saturated rings. The predicted molar refractivity (Wildman–Crippen MR) is 85.2 cm³/mol. The number of amides is 1. The van der Waals surface area contributed by atoms with Crippen molar-refractivity contribution >= 4 is 35.4 Å². The minimum atomic E-state index is -4.26. The Bertz CT molecular complexity index is 721. The fraction of sp³-hybridized carbons (Fsp3) is 0.267. The van der Waals surface area contributed by atoms with Crippen molar-refractivity contribution in [2.75, 3.05) is 5.32 Å². The topological polar surface area (TPSA) is 54.9 Å². The third-order valence-corrected chi connectivity index (χ3v) is 3.62. The van der Waals surface area contributed by atoms with Gasteiger partial charge in [-0.2, -0.15) is 13.2 Å². The van der Waals surface area contributed by atoms with E-state index in [1.165, 1.54) is 24.5 Å². The number of anilines is 1. The summed E-state index contributed by atoms with van der Waals surface area (Å²) in [7, 11) is 0. The molecule has 0 radical (unpaired) electrons. The second-order valence-electron chi connectivity index (χ2n) is 4.99. The normalized spacial score (nSPS) is 13.7. The highest BCUT2D eigenvalue weighted by atomic mass is 35.5. The molecule has 1 aromatic carbocycles. The highest BCUT2D eigenvalue weighted by Gasteiger charge is 2.37. The maximum Gasteiger partial charge on any atom is 0.416 e. The molecular weight excluding hydrogens is 366 g/mol. The molecule has 1 saturated carbocycles. The zero-order valence-electron chi connectivity index (χ0n) is 12.1. The van der Waals surface area contributed by atoms with Crippen LogP contribution in [-0.4, -0.2) is 16.4 Å². The largest absolute Gasteiger partial charge is 0.416 e. The van der Waals surface area contributed by atoms with Crippen LogP contribution in [0.4, 0.5) is 19.0 Å². The Balaban J connectivity index is 0.000000185. The monoisotopic (exact) mass is 377 g/mol. The summed E-state index contributed by atoms with van der Waals surface area (Å²) in [6.07, 6.45) is -0.789. The number of halogens is 5. The first-order valence-corrected chi connectivity index (χ1v) is 7.61. The Morgan fingerprint density at radius 3 is 2.42 bits per heavy atom. The third-order valence-electron chi connectivity index (χ3n) is 3.18. The van der Waals surface area contributed by atoms with Gasteiger partial charge in [0.2, 0.25) is 6.41 Å². The van der Waals surface area contributed by atoms with Crippen molar-refractivity contribution in [1.82, 2.24) is 9.97 Å². The lowest BCUT2D eigenvalue weighted by Gasteiger charge is -2.12. The van der Waals surface area contributed by atoms with Gasteiger partial charge in [-0.25, -0.2) is 9.97 Å². The molecule has 3 rings (SSSR count). The van der Waals surface area contributed by atoms with E-state index in [1.54, 1.807) is 0 Å². The molecule has 0 spiro atoms. The molecule has 0 bridgehead atoms. The van der Waals surface area contributed by atoms with Crippen LogP contribution in [0.3, 0.4) is 0 Å². The number of carbonyl (C=O) groups excluding carboxylic acids is 1. The summed E-state index contributed by atoms with van der Waals surface area (Å²) in [4.78, 5) is 17.2. The van der Waals surface area contributed by atoms with Crippen LogP contribution in [0, 0.1) is 0 Å². The maximum atomic E-state index is 12.5. The van der Waals surface area contributed by atoms with Crippen LogP contribution >= 0.6 is 23.2 Å². The van der Waals surface area contributed by atoms with Crippen LogP contribution in [0.15, 0.2) is 30.6 Å². The van der Waals surface area contributed by atoms with Crippen molar-refractivity contribution in [2.45, 2.75) is 24.9 Å². The van der Waals surface area contributed by atoms with E-state index in [-0.39, 0.29) is 5.92 Å². The molecule has 0 aliphatic heterocycles. The van der Waals surface area contributed by atoms with Gasteiger partial charge in [-0.1, -0.05) is 23.2 Å². The van der Waals surface area contributed by atoms with Gasteiger partial charge in [0.1, 0.15) is 17.3 Å². The molecule has 0 atom stereocenters. The molecule has 1 aliphatic rings. The molecule has 1 aliphatic carbocycles. The molecule has 1 amide bonds. The second kappa shape index (κ2) is 7.81. The molecule has 1 N–H and O–H groups in total. The molecule has 4 nitrogen and oxygen atoms in total. The van der Waals surface area contributed by atoms with Gasteiger partial charge in [-0.05, 0) is 42.5 Å². The second-order valence-corrected chi connectivity index (χ2v) is 5.82. The van der Waals surface area contributed by atoms with E-state index in [2.05, 4.69) is 15.3 Å². The first-order chi connectivity index (χ1) is 11.3. The molecule has 9 heteroatoms. The summed E-state index contributed by atoms with van der Waals surface area (Å²) < 4.78 is 37.6. The van der Waals surface area contributed by atoms with Gasteiger partial charge in [-0.3, -0.25) is 4.79 Å². The van der Waals surface area contributed by atoms with E-state index < -0.39 is 11.7 Å². The fourth-order valence-corrected chi connectivity index (χ4v) is 2.32. The Labute approximate surface area is 146 Å². The third kappa shape index (κ3) is 5.35. The van der Waals surface area contributed by atoms with E-state index in [1.807, 2.05) is 0 Å². The van der Waals surface area contributed by atoms with Gasteiger partial charge in [0, 0.05) is 11.1 Å². The fourth-order valence-electron chi connectivity index (χ4n) is 2.00. The highest BCUT2D eigenvalue weighted by Crippen LogP contribution is 2.46. The molecular formula is C15H12Cl2F3N3O. The molecule has 0 unspecified atom stereocenters. The van der Waals surface area contributed by atoms with E-state index in [9.17, 15) is 18.0 Å². The number of aromatic nitrogens is 2. The summed E-state index contributed by atoms with van der Waals surface area (Å²) >= 11 is 11.1. The van der Waals surface area contributed by atoms with Crippen molar-refractivity contribution in [1.29, 1.82) is 0 Å². The summed E-state index contributed by atoms with van der Waals surface area (Å²) in [5, 5.41) is 3.01. The van der Waals surface area contributed by atoms with E-state index in [0.717, 1.165) is 18.9 Å². The number of benzene rings is 1. The van der Waals surface area contributed by atoms with E-state index >= 15 is 0 Å². The Morgan fingerprint density at radius 1 is 1.17 bits per heavy atom. The summed E-state index contributed by atoms with van der Waals surface area (Å²) in [5.41, 5.74) is -0.186. The lowest BCUT2D eigenvalue weighted by atomic mass is 10.0. The van der Waals surface area contributed by atoms with E-state index in [4.69, 9.17) is 23.2 Å². The van der Waals surface area contributed by atoms with Gasteiger partial charge < -0.3 is 5.32 Å². The first kappa shape index (κ1) is 18.5. The van der Waals surface area contributed by atoms with Crippen molar-refractivity contribution in [3.63, 3.8) is 0 Å². The quantitative estimate of drug-likeness (QED) is 0.609. The van der Waals surface area contributed by atoms with Crippen molar-refractivity contribution in [3.8, 4) is 0 Å². The average Bonchev–Trinajstić information content (AvgIpc) is 3.31.